The summed E-state index contributed by atoms with van der Waals surface area (Å²) >= 11 is 0. The van der Waals surface area contributed by atoms with E-state index in [-0.39, 0.29) is 6.04 Å². The van der Waals surface area contributed by atoms with Gasteiger partial charge in [0.05, 0.1) is 19.0 Å². The molecule has 0 amide bonds. The predicted molar refractivity (Wildman–Crippen MR) is 54.0 cm³/mol. The van der Waals surface area contributed by atoms with E-state index in [0.29, 0.717) is 11.9 Å². The first-order valence-corrected chi connectivity index (χ1v) is 5.07. The predicted octanol–water partition coefficient (Wildman–Crippen LogP) is 1.45. The van der Waals surface area contributed by atoms with Crippen molar-refractivity contribution in [2.45, 2.75) is 19.4 Å². The van der Waals surface area contributed by atoms with Gasteiger partial charge in [0.25, 0.3) is 0 Å². The lowest BCUT2D eigenvalue weighted by Gasteiger charge is -2.18. The van der Waals surface area contributed by atoms with Crippen molar-refractivity contribution < 1.29 is 9.13 Å². The van der Waals surface area contributed by atoms with E-state index in [1.807, 2.05) is 0 Å². The van der Waals surface area contributed by atoms with Crippen LogP contribution in [0.1, 0.15) is 13.3 Å². The Bertz CT molecular complexity index is 311. The number of rotatable bonds is 3. The average molecular weight is 211 g/mol. The molecule has 2 rings (SSSR count). The van der Waals surface area contributed by atoms with Crippen LogP contribution in [0, 0.1) is 11.7 Å². The van der Waals surface area contributed by atoms with Crippen LogP contribution in [0.5, 0.6) is 0 Å². The lowest BCUT2D eigenvalue weighted by molar-refractivity contribution is 0.183. The molecule has 0 bridgehead atoms. The first kappa shape index (κ1) is 10.3. The first-order valence-electron chi connectivity index (χ1n) is 5.07. The molecule has 1 aliphatic heterocycles. The molecule has 2 atom stereocenters. The average Bonchev–Trinajstić information content (AvgIpc) is 2.74. The molecule has 5 heteroatoms. The largest absolute Gasteiger partial charge is 0.381 e. The molecule has 15 heavy (non-hydrogen) atoms. The van der Waals surface area contributed by atoms with Crippen LogP contribution in [-0.4, -0.2) is 29.2 Å². The van der Waals surface area contributed by atoms with Gasteiger partial charge in [-0.3, -0.25) is 0 Å². The van der Waals surface area contributed by atoms with Gasteiger partial charge in [-0.25, -0.2) is 14.4 Å². The summed E-state index contributed by atoms with van der Waals surface area (Å²) in [6.45, 7) is 3.66. The fraction of sp³-hybridized carbons (Fsp3) is 0.600. The van der Waals surface area contributed by atoms with E-state index in [9.17, 15) is 4.39 Å². The Kier molecular flexibility index (Phi) is 3.11. The van der Waals surface area contributed by atoms with E-state index >= 15 is 0 Å². The summed E-state index contributed by atoms with van der Waals surface area (Å²) in [5.74, 6) is 0.534. The second kappa shape index (κ2) is 4.53. The van der Waals surface area contributed by atoms with Gasteiger partial charge in [0.1, 0.15) is 0 Å². The lowest BCUT2D eigenvalue weighted by Crippen LogP contribution is -2.27. The summed E-state index contributed by atoms with van der Waals surface area (Å²) in [5.41, 5.74) is 0. The van der Waals surface area contributed by atoms with Gasteiger partial charge in [-0.2, -0.15) is 0 Å². The van der Waals surface area contributed by atoms with Gasteiger partial charge in [-0.05, 0) is 13.3 Å². The van der Waals surface area contributed by atoms with Crippen LogP contribution in [-0.2, 0) is 4.74 Å². The van der Waals surface area contributed by atoms with Crippen molar-refractivity contribution in [3.63, 3.8) is 0 Å². The molecule has 82 valence electrons. The van der Waals surface area contributed by atoms with Crippen molar-refractivity contribution in [3.8, 4) is 0 Å². The quantitative estimate of drug-likeness (QED) is 0.822. The topological polar surface area (TPSA) is 47.0 Å². The summed E-state index contributed by atoms with van der Waals surface area (Å²) in [4.78, 5) is 7.70. The van der Waals surface area contributed by atoms with E-state index in [2.05, 4.69) is 22.2 Å². The highest BCUT2D eigenvalue weighted by Gasteiger charge is 2.22. The number of halogens is 1. The minimum Gasteiger partial charge on any atom is -0.381 e. The highest BCUT2D eigenvalue weighted by Crippen LogP contribution is 2.18. The van der Waals surface area contributed by atoms with Gasteiger partial charge in [0, 0.05) is 18.6 Å². The summed E-state index contributed by atoms with van der Waals surface area (Å²) in [6.07, 6.45) is 3.37. The lowest BCUT2D eigenvalue weighted by atomic mass is 10.0. The number of anilines is 1. The van der Waals surface area contributed by atoms with Gasteiger partial charge < -0.3 is 10.1 Å². The number of nitrogens with zero attached hydrogens (tertiary/aromatic N) is 2. The van der Waals surface area contributed by atoms with Crippen molar-refractivity contribution in [1.82, 2.24) is 9.97 Å². The highest BCUT2D eigenvalue weighted by molar-refractivity contribution is 5.24. The molecule has 0 saturated carbocycles. The molecule has 0 aromatic carbocycles. The Morgan fingerprint density at radius 2 is 2.27 bits per heavy atom. The van der Waals surface area contributed by atoms with Crippen molar-refractivity contribution >= 4 is 5.95 Å². The zero-order chi connectivity index (χ0) is 10.7. The number of nitrogens with one attached hydrogen (secondary N) is 1. The molecule has 1 aromatic heterocycles. The standard InChI is InChI=1S/C10H14FN3O/c1-7(8-2-3-15-6-8)14-10-12-4-9(11)5-13-10/h4-5,7-8H,2-3,6H2,1H3,(H,12,13,14). The molecule has 0 spiro atoms. The molecule has 2 heterocycles. The maximum absolute atomic E-state index is 12.6. The van der Waals surface area contributed by atoms with Crippen molar-refractivity contribution in [2.24, 2.45) is 5.92 Å². The molecule has 1 saturated heterocycles. The third kappa shape index (κ3) is 2.62. The van der Waals surface area contributed by atoms with Gasteiger partial charge >= 0.3 is 0 Å². The van der Waals surface area contributed by atoms with Crippen molar-refractivity contribution in [3.05, 3.63) is 18.2 Å². The van der Waals surface area contributed by atoms with Crippen LogP contribution in [0.4, 0.5) is 10.3 Å². The Hall–Kier alpha value is -1.23. The summed E-state index contributed by atoms with van der Waals surface area (Å²) in [5, 5.41) is 3.14. The van der Waals surface area contributed by atoms with Crippen molar-refractivity contribution in [1.29, 1.82) is 0 Å². The zero-order valence-corrected chi connectivity index (χ0v) is 8.61. The second-order valence-corrected chi connectivity index (χ2v) is 3.78. The Balaban J connectivity index is 1.92. The van der Waals surface area contributed by atoms with Gasteiger partial charge in [-0.1, -0.05) is 0 Å². The maximum Gasteiger partial charge on any atom is 0.222 e. The van der Waals surface area contributed by atoms with E-state index < -0.39 is 5.82 Å². The molecule has 2 unspecified atom stereocenters. The fourth-order valence-corrected chi connectivity index (χ4v) is 1.66. The van der Waals surface area contributed by atoms with Crippen LogP contribution in [0.25, 0.3) is 0 Å². The van der Waals surface area contributed by atoms with Gasteiger partial charge in [-0.15, -0.1) is 0 Å². The van der Waals surface area contributed by atoms with Crippen LogP contribution in [0.2, 0.25) is 0 Å². The third-order valence-corrected chi connectivity index (χ3v) is 2.65. The van der Waals surface area contributed by atoms with E-state index in [1.165, 1.54) is 0 Å². The zero-order valence-electron chi connectivity index (χ0n) is 8.61. The minimum absolute atomic E-state index is 0.248. The van der Waals surface area contributed by atoms with Crippen LogP contribution in [0.3, 0.4) is 0 Å². The number of hydrogen-bond donors (Lipinski definition) is 1. The Labute approximate surface area is 87.9 Å². The van der Waals surface area contributed by atoms with E-state index in [0.717, 1.165) is 32.0 Å². The summed E-state index contributed by atoms with van der Waals surface area (Å²) in [6, 6.07) is 0.248. The summed E-state index contributed by atoms with van der Waals surface area (Å²) < 4.78 is 17.8. The Morgan fingerprint density at radius 1 is 1.53 bits per heavy atom. The molecular weight excluding hydrogens is 197 g/mol. The van der Waals surface area contributed by atoms with Crippen LogP contribution in [0.15, 0.2) is 12.4 Å². The molecule has 1 fully saturated rings. The summed E-state index contributed by atoms with van der Waals surface area (Å²) in [7, 11) is 0. The van der Waals surface area contributed by atoms with E-state index in [4.69, 9.17) is 4.74 Å². The maximum atomic E-state index is 12.6. The van der Waals surface area contributed by atoms with Crippen molar-refractivity contribution in [2.75, 3.05) is 18.5 Å². The number of ether oxygens (including phenoxy) is 1. The number of hydrogen-bond acceptors (Lipinski definition) is 4. The normalized spacial score (nSPS) is 22.7. The molecule has 4 nitrogen and oxygen atoms in total. The first-order chi connectivity index (χ1) is 7.25. The van der Waals surface area contributed by atoms with Gasteiger partial charge in [0.2, 0.25) is 5.95 Å². The smallest absolute Gasteiger partial charge is 0.222 e. The highest BCUT2D eigenvalue weighted by atomic mass is 19.1. The number of aromatic nitrogens is 2. The molecule has 1 N–H and O–H groups in total. The SMILES string of the molecule is CC(Nc1ncc(F)cn1)C1CCOC1. The molecular formula is C10H14FN3O. The fourth-order valence-electron chi connectivity index (χ4n) is 1.66. The molecule has 0 aliphatic carbocycles. The third-order valence-electron chi connectivity index (χ3n) is 2.65. The molecule has 1 aliphatic rings. The monoisotopic (exact) mass is 211 g/mol. The van der Waals surface area contributed by atoms with Crippen LogP contribution >= 0.6 is 0 Å². The second-order valence-electron chi connectivity index (χ2n) is 3.78. The van der Waals surface area contributed by atoms with Gasteiger partial charge in [0.15, 0.2) is 5.82 Å². The van der Waals surface area contributed by atoms with Crippen LogP contribution < -0.4 is 5.32 Å². The minimum atomic E-state index is -0.419. The Morgan fingerprint density at radius 3 is 2.87 bits per heavy atom. The molecule has 1 aromatic rings. The molecule has 0 radical (unpaired) electrons. The van der Waals surface area contributed by atoms with E-state index in [1.54, 1.807) is 0 Å².